The van der Waals surface area contributed by atoms with Crippen molar-refractivity contribution in [3.8, 4) is 5.75 Å². The minimum Gasteiger partial charge on any atom is -0.495 e. The number of sulfone groups is 1. The van der Waals surface area contributed by atoms with Gasteiger partial charge in [0.1, 0.15) is 5.75 Å². The standard InChI is InChI=1S/C16H24N2O6S2/c1-4-8-18(13-7-9-25(20,21)11-13)26(22,23)14-5-6-16(24-3)15(10-14)17-12(2)19/h5-6,10,13H,4,7-9,11H2,1-3H3,(H,17,19)/t13-/m1/s1. The second-order valence-electron chi connectivity index (χ2n) is 6.22. The summed E-state index contributed by atoms with van der Waals surface area (Å²) >= 11 is 0. The zero-order chi connectivity index (χ0) is 19.5. The van der Waals surface area contributed by atoms with Crippen LogP contribution in [0, 0.1) is 0 Å². The Morgan fingerprint density at radius 3 is 2.58 bits per heavy atom. The Morgan fingerprint density at radius 2 is 2.08 bits per heavy atom. The molecule has 1 saturated heterocycles. The zero-order valence-corrected chi connectivity index (χ0v) is 16.7. The molecule has 1 atom stereocenters. The lowest BCUT2D eigenvalue weighted by Crippen LogP contribution is -2.41. The molecule has 1 amide bonds. The normalized spacial score (nSPS) is 19.5. The van der Waals surface area contributed by atoms with E-state index in [-0.39, 0.29) is 41.0 Å². The van der Waals surface area contributed by atoms with Crippen LogP contribution in [0.3, 0.4) is 0 Å². The van der Waals surface area contributed by atoms with Crippen molar-refractivity contribution in [2.75, 3.05) is 30.5 Å². The number of hydrogen-bond acceptors (Lipinski definition) is 6. The highest BCUT2D eigenvalue weighted by Gasteiger charge is 2.38. The highest BCUT2D eigenvalue weighted by atomic mass is 32.2. The number of amides is 1. The van der Waals surface area contributed by atoms with Crippen molar-refractivity contribution in [1.82, 2.24) is 4.31 Å². The van der Waals surface area contributed by atoms with E-state index in [2.05, 4.69) is 5.32 Å². The molecule has 8 nitrogen and oxygen atoms in total. The lowest BCUT2D eigenvalue weighted by Gasteiger charge is -2.27. The Kier molecular flexibility index (Phi) is 6.30. The fourth-order valence-corrected chi connectivity index (χ4v) is 6.59. The molecule has 0 spiro atoms. The molecule has 0 aromatic heterocycles. The van der Waals surface area contributed by atoms with Gasteiger partial charge in [-0.3, -0.25) is 4.79 Å². The van der Waals surface area contributed by atoms with Crippen molar-refractivity contribution < 1.29 is 26.4 Å². The summed E-state index contributed by atoms with van der Waals surface area (Å²) in [6, 6.07) is 3.62. The minimum absolute atomic E-state index is 0.00679. The molecule has 146 valence electrons. The molecular formula is C16H24N2O6S2. The maximum atomic E-state index is 13.1. The number of benzene rings is 1. The summed E-state index contributed by atoms with van der Waals surface area (Å²) in [5.41, 5.74) is 0.247. The Balaban J connectivity index is 2.44. The van der Waals surface area contributed by atoms with Gasteiger partial charge >= 0.3 is 0 Å². The molecular weight excluding hydrogens is 380 g/mol. The number of rotatable bonds is 7. The molecule has 1 aliphatic heterocycles. The second-order valence-corrected chi connectivity index (χ2v) is 10.3. The van der Waals surface area contributed by atoms with Gasteiger partial charge in [-0.1, -0.05) is 6.92 Å². The third-order valence-electron chi connectivity index (χ3n) is 4.15. The van der Waals surface area contributed by atoms with E-state index in [1.165, 1.54) is 36.5 Å². The van der Waals surface area contributed by atoms with Crippen LogP contribution < -0.4 is 10.1 Å². The molecule has 1 aromatic rings. The zero-order valence-electron chi connectivity index (χ0n) is 15.1. The summed E-state index contributed by atoms with van der Waals surface area (Å²) in [5.74, 6) is -0.191. The molecule has 1 N–H and O–H groups in total. The quantitative estimate of drug-likeness (QED) is 0.732. The van der Waals surface area contributed by atoms with Crippen LogP contribution in [0.5, 0.6) is 5.75 Å². The maximum Gasteiger partial charge on any atom is 0.243 e. The molecule has 1 aromatic carbocycles. The number of methoxy groups -OCH3 is 1. The Labute approximate surface area is 154 Å². The fourth-order valence-electron chi connectivity index (χ4n) is 2.99. The minimum atomic E-state index is -3.92. The van der Waals surface area contributed by atoms with E-state index < -0.39 is 25.9 Å². The van der Waals surface area contributed by atoms with E-state index in [1.54, 1.807) is 0 Å². The highest BCUT2D eigenvalue weighted by Crippen LogP contribution is 2.31. The smallest absolute Gasteiger partial charge is 0.243 e. The van der Waals surface area contributed by atoms with Crippen molar-refractivity contribution in [3.05, 3.63) is 18.2 Å². The molecule has 1 heterocycles. The molecule has 0 saturated carbocycles. The van der Waals surface area contributed by atoms with Gasteiger partial charge in [-0.05, 0) is 31.0 Å². The van der Waals surface area contributed by atoms with E-state index in [4.69, 9.17) is 4.74 Å². The Hall–Kier alpha value is -1.65. The van der Waals surface area contributed by atoms with Crippen molar-refractivity contribution in [2.45, 2.75) is 37.6 Å². The van der Waals surface area contributed by atoms with Crippen molar-refractivity contribution in [1.29, 1.82) is 0 Å². The lowest BCUT2D eigenvalue weighted by molar-refractivity contribution is -0.114. The molecule has 1 fully saturated rings. The van der Waals surface area contributed by atoms with E-state index in [0.717, 1.165) is 0 Å². The van der Waals surface area contributed by atoms with Gasteiger partial charge in [0.05, 0.1) is 29.2 Å². The molecule has 0 bridgehead atoms. The predicted molar refractivity (Wildman–Crippen MR) is 98.5 cm³/mol. The number of nitrogens with one attached hydrogen (secondary N) is 1. The van der Waals surface area contributed by atoms with Crippen LogP contribution in [0.4, 0.5) is 5.69 Å². The van der Waals surface area contributed by atoms with Crippen LogP contribution in [-0.2, 0) is 24.7 Å². The topological polar surface area (TPSA) is 110 Å². The fraction of sp³-hybridized carbons (Fsp3) is 0.562. The monoisotopic (exact) mass is 404 g/mol. The summed E-state index contributed by atoms with van der Waals surface area (Å²) < 4.78 is 56.3. The summed E-state index contributed by atoms with van der Waals surface area (Å²) in [5, 5.41) is 2.55. The summed E-state index contributed by atoms with van der Waals surface area (Å²) in [6.45, 7) is 3.38. The van der Waals surface area contributed by atoms with E-state index in [1.807, 2.05) is 6.92 Å². The summed E-state index contributed by atoms with van der Waals surface area (Å²) in [6.07, 6.45) is 0.848. The van der Waals surface area contributed by atoms with E-state index >= 15 is 0 Å². The molecule has 0 radical (unpaired) electrons. The number of anilines is 1. The van der Waals surface area contributed by atoms with Crippen LogP contribution in [0.25, 0.3) is 0 Å². The Morgan fingerprint density at radius 1 is 1.38 bits per heavy atom. The van der Waals surface area contributed by atoms with Crippen molar-refractivity contribution in [3.63, 3.8) is 0 Å². The van der Waals surface area contributed by atoms with Gasteiger partial charge < -0.3 is 10.1 Å². The van der Waals surface area contributed by atoms with Crippen LogP contribution in [0.2, 0.25) is 0 Å². The Bertz CT molecular complexity index is 880. The van der Waals surface area contributed by atoms with Gasteiger partial charge in [0.2, 0.25) is 15.9 Å². The number of nitrogens with zero attached hydrogens (tertiary/aromatic N) is 1. The number of carbonyl (C=O) groups is 1. The first kappa shape index (κ1) is 20.7. The van der Waals surface area contributed by atoms with Gasteiger partial charge in [-0.15, -0.1) is 0 Å². The maximum absolute atomic E-state index is 13.1. The number of hydrogen-bond donors (Lipinski definition) is 1. The highest BCUT2D eigenvalue weighted by molar-refractivity contribution is 7.92. The lowest BCUT2D eigenvalue weighted by atomic mass is 10.2. The van der Waals surface area contributed by atoms with Gasteiger partial charge in [0.15, 0.2) is 9.84 Å². The van der Waals surface area contributed by atoms with E-state index in [0.29, 0.717) is 12.2 Å². The average Bonchev–Trinajstić information content (AvgIpc) is 2.91. The molecule has 26 heavy (non-hydrogen) atoms. The SMILES string of the molecule is CCCN([C@@H]1CCS(=O)(=O)C1)S(=O)(=O)c1ccc(OC)c(NC(C)=O)c1. The van der Waals surface area contributed by atoms with Crippen LogP contribution in [-0.4, -0.2) is 58.3 Å². The molecule has 1 aliphatic rings. The van der Waals surface area contributed by atoms with E-state index in [9.17, 15) is 21.6 Å². The number of sulfonamides is 1. The molecule has 10 heteroatoms. The summed E-state index contributed by atoms with van der Waals surface area (Å²) in [7, 11) is -5.72. The van der Waals surface area contributed by atoms with Crippen molar-refractivity contribution in [2.24, 2.45) is 0 Å². The number of ether oxygens (including phenoxy) is 1. The molecule has 0 unspecified atom stereocenters. The first-order valence-electron chi connectivity index (χ1n) is 8.28. The van der Waals surface area contributed by atoms with Gasteiger partial charge in [-0.2, -0.15) is 4.31 Å². The van der Waals surface area contributed by atoms with Crippen LogP contribution >= 0.6 is 0 Å². The average molecular weight is 405 g/mol. The van der Waals surface area contributed by atoms with Gasteiger partial charge in [0.25, 0.3) is 0 Å². The second kappa shape index (κ2) is 7.93. The predicted octanol–water partition coefficient (Wildman–Crippen LogP) is 1.24. The first-order chi connectivity index (χ1) is 12.1. The largest absolute Gasteiger partial charge is 0.495 e. The van der Waals surface area contributed by atoms with Crippen LogP contribution in [0.15, 0.2) is 23.1 Å². The first-order valence-corrected chi connectivity index (χ1v) is 11.5. The third kappa shape index (κ3) is 4.54. The van der Waals surface area contributed by atoms with Crippen LogP contribution in [0.1, 0.15) is 26.7 Å². The van der Waals surface area contributed by atoms with Gasteiger partial charge in [-0.25, -0.2) is 16.8 Å². The van der Waals surface area contributed by atoms with Crippen molar-refractivity contribution >= 4 is 31.5 Å². The molecule has 2 rings (SSSR count). The summed E-state index contributed by atoms with van der Waals surface area (Å²) in [4.78, 5) is 11.4. The number of carbonyl (C=O) groups excluding carboxylic acids is 1. The molecule has 0 aliphatic carbocycles. The van der Waals surface area contributed by atoms with Gasteiger partial charge in [0, 0.05) is 19.5 Å². The third-order valence-corrected chi connectivity index (χ3v) is 7.85.